The van der Waals surface area contributed by atoms with Gasteiger partial charge in [0, 0.05) is 12.7 Å². The first-order chi connectivity index (χ1) is 5.27. The van der Waals surface area contributed by atoms with Crippen LogP contribution in [-0.2, 0) is 6.54 Å². The molecule has 0 N–H and O–H groups in total. The Morgan fingerprint density at radius 3 is 3.00 bits per heavy atom. The first-order valence-electron chi connectivity index (χ1n) is 3.39. The lowest BCUT2D eigenvalue weighted by Gasteiger charge is -1.90. The van der Waals surface area contributed by atoms with Gasteiger partial charge in [-0.05, 0) is 6.92 Å². The molecule has 0 spiro atoms. The van der Waals surface area contributed by atoms with E-state index in [0.29, 0.717) is 5.56 Å². The molecule has 0 aliphatic rings. The average molecular weight is 173 g/mol. The highest BCUT2D eigenvalue weighted by atomic mass is 35.5. The summed E-state index contributed by atoms with van der Waals surface area (Å²) in [4.78, 5) is 11.0. The summed E-state index contributed by atoms with van der Waals surface area (Å²) < 4.78 is 1.69. The van der Waals surface area contributed by atoms with E-state index in [4.69, 9.17) is 11.6 Å². The monoisotopic (exact) mass is 172 g/mol. The van der Waals surface area contributed by atoms with Gasteiger partial charge in [-0.1, -0.05) is 0 Å². The molecule has 0 saturated heterocycles. The molecule has 4 heteroatoms. The molecule has 0 amide bonds. The fraction of sp³-hybridized carbons (Fsp3) is 0.429. The maximum absolute atomic E-state index is 11.0. The molecule has 60 valence electrons. The normalized spacial score (nSPS) is 10.0. The number of nitrogens with zero attached hydrogens (tertiary/aromatic N) is 2. The van der Waals surface area contributed by atoms with E-state index in [1.54, 1.807) is 10.9 Å². The van der Waals surface area contributed by atoms with Crippen LogP contribution in [0.25, 0.3) is 0 Å². The molecule has 3 nitrogen and oxygen atoms in total. The number of carbonyl (C=O) groups is 1. The second-order valence-corrected chi connectivity index (χ2v) is 2.41. The third-order valence-corrected chi connectivity index (χ3v) is 1.64. The molecule has 1 heterocycles. The molecule has 0 aliphatic heterocycles. The highest BCUT2D eigenvalue weighted by molar-refractivity contribution is 6.30. The summed E-state index contributed by atoms with van der Waals surface area (Å²) in [5, 5.41) is 3.94. The van der Waals surface area contributed by atoms with Gasteiger partial charge < -0.3 is 0 Å². The predicted molar refractivity (Wildman–Crippen MR) is 43.0 cm³/mol. The molecular weight excluding hydrogens is 164 g/mol. The number of ketones is 1. The number of rotatable bonds is 3. The number of carbonyl (C=O) groups excluding carboxylic acids is 1. The standard InChI is InChI=1S/C7H9ClN2O/c1-2-10-5-6(4-9-10)7(11)3-8/h4-5H,2-3H2,1H3. The summed E-state index contributed by atoms with van der Waals surface area (Å²) in [5.41, 5.74) is 0.585. The van der Waals surface area contributed by atoms with Crippen molar-refractivity contribution in [2.45, 2.75) is 13.5 Å². The second-order valence-electron chi connectivity index (χ2n) is 2.14. The maximum Gasteiger partial charge on any atom is 0.180 e. The Balaban J connectivity index is 2.80. The molecule has 0 fully saturated rings. The lowest BCUT2D eigenvalue weighted by molar-refractivity contribution is 0.102. The van der Waals surface area contributed by atoms with Crippen LogP contribution in [0.2, 0.25) is 0 Å². The van der Waals surface area contributed by atoms with Crippen LogP contribution in [0.5, 0.6) is 0 Å². The van der Waals surface area contributed by atoms with Gasteiger partial charge in [-0.25, -0.2) is 0 Å². The zero-order valence-corrected chi connectivity index (χ0v) is 7.01. The van der Waals surface area contributed by atoms with Crippen molar-refractivity contribution in [1.82, 2.24) is 9.78 Å². The molecule has 1 rings (SSSR count). The minimum Gasteiger partial charge on any atom is -0.293 e. The summed E-state index contributed by atoms with van der Waals surface area (Å²) in [7, 11) is 0. The topological polar surface area (TPSA) is 34.9 Å². The van der Waals surface area contributed by atoms with Crippen molar-refractivity contribution in [2.24, 2.45) is 0 Å². The van der Waals surface area contributed by atoms with Crippen molar-refractivity contribution in [3.8, 4) is 0 Å². The Bertz CT molecular complexity index is 257. The Hall–Kier alpha value is -0.830. The van der Waals surface area contributed by atoms with Gasteiger partial charge >= 0.3 is 0 Å². The average Bonchev–Trinajstić information content (AvgIpc) is 2.50. The van der Waals surface area contributed by atoms with Gasteiger partial charge in [-0.15, -0.1) is 11.6 Å². The molecule has 0 bridgehead atoms. The van der Waals surface area contributed by atoms with Gasteiger partial charge in [0.25, 0.3) is 0 Å². The SMILES string of the molecule is CCn1cc(C(=O)CCl)cn1. The molecule has 0 unspecified atom stereocenters. The van der Waals surface area contributed by atoms with E-state index >= 15 is 0 Å². The molecular formula is C7H9ClN2O. The smallest absolute Gasteiger partial charge is 0.180 e. The van der Waals surface area contributed by atoms with Crippen LogP contribution in [0.1, 0.15) is 17.3 Å². The van der Waals surface area contributed by atoms with Crippen LogP contribution >= 0.6 is 11.6 Å². The molecule has 11 heavy (non-hydrogen) atoms. The summed E-state index contributed by atoms with van der Waals surface area (Å²) in [5.74, 6) is -0.0542. The summed E-state index contributed by atoms with van der Waals surface area (Å²) in [6.45, 7) is 2.73. The van der Waals surface area contributed by atoms with Crippen LogP contribution in [0.4, 0.5) is 0 Å². The van der Waals surface area contributed by atoms with E-state index in [9.17, 15) is 4.79 Å². The lowest BCUT2D eigenvalue weighted by atomic mass is 10.3. The molecule has 0 aromatic carbocycles. The zero-order chi connectivity index (χ0) is 8.27. The second kappa shape index (κ2) is 3.53. The van der Waals surface area contributed by atoms with Gasteiger partial charge in [-0.2, -0.15) is 5.10 Å². The fourth-order valence-corrected chi connectivity index (χ4v) is 0.912. The van der Waals surface area contributed by atoms with Crippen LogP contribution in [0.15, 0.2) is 12.4 Å². The number of Topliss-reactive ketones (excluding diaryl/α,β-unsaturated/α-hetero) is 1. The molecule has 1 aromatic rings. The van der Waals surface area contributed by atoms with Gasteiger partial charge in [-0.3, -0.25) is 9.48 Å². The third kappa shape index (κ3) is 1.80. The van der Waals surface area contributed by atoms with E-state index < -0.39 is 0 Å². The van der Waals surface area contributed by atoms with Crippen molar-refractivity contribution in [2.75, 3.05) is 5.88 Å². The number of aromatic nitrogens is 2. The summed E-state index contributed by atoms with van der Waals surface area (Å²) >= 11 is 5.35. The van der Waals surface area contributed by atoms with Gasteiger partial charge in [0.2, 0.25) is 0 Å². The molecule has 0 saturated carbocycles. The number of aryl methyl sites for hydroxylation is 1. The Morgan fingerprint density at radius 1 is 1.82 bits per heavy atom. The maximum atomic E-state index is 11.0. The number of hydrogen-bond donors (Lipinski definition) is 0. The van der Waals surface area contributed by atoms with Crippen molar-refractivity contribution in [3.05, 3.63) is 18.0 Å². The lowest BCUT2D eigenvalue weighted by Crippen LogP contribution is -1.98. The Labute approximate surface area is 70.0 Å². The molecule has 1 aromatic heterocycles. The van der Waals surface area contributed by atoms with Crippen LogP contribution < -0.4 is 0 Å². The zero-order valence-electron chi connectivity index (χ0n) is 6.25. The fourth-order valence-electron chi connectivity index (χ4n) is 0.758. The summed E-state index contributed by atoms with van der Waals surface area (Å²) in [6, 6.07) is 0. The highest BCUT2D eigenvalue weighted by Gasteiger charge is 2.05. The predicted octanol–water partition coefficient (Wildman–Crippen LogP) is 1.32. The summed E-state index contributed by atoms with van der Waals surface area (Å²) in [6.07, 6.45) is 3.24. The highest BCUT2D eigenvalue weighted by Crippen LogP contribution is 1.99. The largest absolute Gasteiger partial charge is 0.293 e. The van der Waals surface area contributed by atoms with Gasteiger partial charge in [0.15, 0.2) is 5.78 Å². The van der Waals surface area contributed by atoms with Gasteiger partial charge in [0.1, 0.15) is 0 Å². The van der Waals surface area contributed by atoms with E-state index in [-0.39, 0.29) is 11.7 Å². The third-order valence-electron chi connectivity index (χ3n) is 1.40. The van der Waals surface area contributed by atoms with Crippen molar-refractivity contribution < 1.29 is 4.79 Å². The van der Waals surface area contributed by atoms with Crippen LogP contribution in [0.3, 0.4) is 0 Å². The first-order valence-corrected chi connectivity index (χ1v) is 3.93. The number of alkyl halides is 1. The molecule has 0 aliphatic carbocycles. The Morgan fingerprint density at radius 2 is 2.55 bits per heavy atom. The Kier molecular flexibility index (Phi) is 2.65. The van der Waals surface area contributed by atoms with E-state index in [1.165, 1.54) is 6.20 Å². The minimum atomic E-state index is -0.0774. The minimum absolute atomic E-state index is 0.0232. The molecule has 0 radical (unpaired) electrons. The number of halogens is 1. The van der Waals surface area contributed by atoms with Crippen molar-refractivity contribution >= 4 is 17.4 Å². The van der Waals surface area contributed by atoms with Crippen LogP contribution in [0, 0.1) is 0 Å². The quantitative estimate of drug-likeness (QED) is 0.509. The molecule has 0 atom stereocenters. The van der Waals surface area contributed by atoms with Crippen molar-refractivity contribution in [1.29, 1.82) is 0 Å². The van der Waals surface area contributed by atoms with E-state index in [0.717, 1.165) is 6.54 Å². The van der Waals surface area contributed by atoms with Crippen molar-refractivity contribution in [3.63, 3.8) is 0 Å². The van der Waals surface area contributed by atoms with Gasteiger partial charge in [0.05, 0.1) is 17.6 Å². The first kappa shape index (κ1) is 8.27. The number of hydrogen-bond acceptors (Lipinski definition) is 2. The van der Waals surface area contributed by atoms with E-state index in [1.807, 2.05) is 6.92 Å². The van der Waals surface area contributed by atoms with E-state index in [2.05, 4.69) is 5.10 Å². The van der Waals surface area contributed by atoms with Crippen LogP contribution in [-0.4, -0.2) is 21.4 Å².